The first-order chi connectivity index (χ1) is 7.41. The van der Waals surface area contributed by atoms with E-state index in [-0.39, 0.29) is 11.3 Å². The van der Waals surface area contributed by atoms with Gasteiger partial charge in [0.15, 0.2) is 0 Å². The molecule has 0 atom stereocenters. The fourth-order valence-electron chi connectivity index (χ4n) is 0.821. The normalized spacial score (nSPS) is 11.7. The van der Waals surface area contributed by atoms with E-state index in [0.717, 1.165) is 6.21 Å². The number of amides is 1. The number of hydrogen-bond acceptors (Lipinski definition) is 3. The summed E-state index contributed by atoms with van der Waals surface area (Å²) in [5, 5.41) is 12.3. The van der Waals surface area contributed by atoms with Gasteiger partial charge in [-0.1, -0.05) is 12.1 Å². The van der Waals surface area contributed by atoms with Gasteiger partial charge in [0.1, 0.15) is 5.75 Å². The van der Waals surface area contributed by atoms with Gasteiger partial charge in [-0.05, 0) is 12.1 Å². The van der Waals surface area contributed by atoms with Crippen LogP contribution >= 0.6 is 0 Å². The number of phenolic OH excluding ortho intramolecular Hbond substituents is 1. The third-order valence-corrected chi connectivity index (χ3v) is 1.56. The van der Waals surface area contributed by atoms with E-state index < -0.39 is 12.1 Å². The van der Waals surface area contributed by atoms with Crippen LogP contribution in [0.25, 0.3) is 0 Å². The Kier molecular flexibility index (Phi) is 3.49. The molecule has 0 aromatic heterocycles. The molecule has 0 saturated heterocycles. The number of hydrogen-bond donors (Lipinski definition) is 2. The fourth-order valence-corrected chi connectivity index (χ4v) is 0.821. The summed E-state index contributed by atoms with van der Waals surface area (Å²) in [6, 6.07) is 5.87. The largest absolute Gasteiger partial charge is 0.507 e. The highest BCUT2D eigenvalue weighted by Gasteiger charge is 2.38. The van der Waals surface area contributed by atoms with Crippen LogP contribution in [0.15, 0.2) is 29.4 Å². The second-order valence-corrected chi connectivity index (χ2v) is 2.76. The minimum Gasteiger partial charge on any atom is -0.507 e. The maximum absolute atomic E-state index is 11.7. The number of alkyl halides is 3. The molecular weight excluding hydrogens is 225 g/mol. The first kappa shape index (κ1) is 12.0. The van der Waals surface area contributed by atoms with Crippen LogP contribution in [0.4, 0.5) is 13.2 Å². The van der Waals surface area contributed by atoms with Crippen LogP contribution in [0.1, 0.15) is 5.56 Å². The lowest BCUT2D eigenvalue weighted by Crippen LogP contribution is -2.33. The highest BCUT2D eigenvalue weighted by Crippen LogP contribution is 2.14. The molecule has 1 aromatic rings. The zero-order valence-corrected chi connectivity index (χ0v) is 7.82. The molecule has 0 heterocycles. The zero-order chi connectivity index (χ0) is 12.2. The van der Waals surface area contributed by atoms with Crippen LogP contribution in [0, 0.1) is 0 Å². The van der Waals surface area contributed by atoms with Crippen LogP contribution in [-0.2, 0) is 4.79 Å². The predicted octanol–water partition coefficient (Wildman–Crippen LogP) is 1.40. The standard InChI is InChI=1S/C9H7F3N2O2/c10-9(11,12)8(16)14-13-5-6-3-1-2-4-7(6)15/h1-5,15H,(H,14,16)/b13-5+. The monoisotopic (exact) mass is 232 g/mol. The van der Waals surface area contributed by atoms with E-state index in [1.54, 1.807) is 12.1 Å². The topological polar surface area (TPSA) is 61.7 Å². The molecule has 0 spiro atoms. The molecule has 0 saturated carbocycles. The van der Waals surface area contributed by atoms with Crippen molar-refractivity contribution in [2.75, 3.05) is 0 Å². The minimum atomic E-state index is -4.98. The SMILES string of the molecule is O=C(N/N=C/c1ccccc1O)C(F)(F)F. The lowest BCUT2D eigenvalue weighted by atomic mass is 10.2. The number of benzene rings is 1. The second-order valence-electron chi connectivity index (χ2n) is 2.76. The smallest absolute Gasteiger partial charge is 0.473 e. The summed E-state index contributed by atoms with van der Waals surface area (Å²) in [5.41, 5.74) is 1.49. The molecule has 0 unspecified atom stereocenters. The van der Waals surface area contributed by atoms with Crippen molar-refractivity contribution in [1.29, 1.82) is 0 Å². The number of aromatic hydroxyl groups is 1. The predicted molar refractivity (Wildman–Crippen MR) is 49.9 cm³/mol. The molecular formula is C9H7F3N2O2. The first-order valence-electron chi connectivity index (χ1n) is 4.09. The van der Waals surface area contributed by atoms with E-state index in [2.05, 4.69) is 5.10 Å². The lowest BCUT2D eigenvalue weighted by Gasteiger charge is -2.02. The molecule has 0 aliphatic heterocycles. The van der Waals surface area contributed by atoms with Gasteiger partial charge in [-0.15, -0.1) is 0 Å². The molecule has 16 heavy (non-hydrogen) atoms. The third kappa shape index (κ3) is 3.26. The minimum absolute atomic E-state index is 0.146. The summed E-state index contributed by atoms with van der Waals surface area (Å²) in [6.45, 7) is 0. The summed E-state index contributed by atoms with van der Waals surface area (Å²) < 4.78 is 35.2. The number of rotatable bonds is 2. The van der Waals surface area contributed by atoms with E-state index in [1.807, 2.05) is 0 Å². The summed E-state index contributed by atoms with van der Waals surface area (Å²) in [4.78, 5) is 10.3. The Labute approximate surface area is 88.4 Å². The summed E-state index contributed by atoms with van der Waals surface area (Å²) >= 11 is 0. The van der Waals surface area contributed by atoms with Gasteiger partial charge < -0.3 is 5.11 Å². The Balaban J connectivity index is 2.63. The van der Waals surface area contributed by atoms with Crippen molar-refractivity contribution in [2.24, 2.45) is 5.10 Å². The number of para-hydroxylation sites is 1. The van der Waals surface area contributed by atoms with Crippen molar-refractivity contribution in [3.05, 3.63) is 29.8 Å². The van der Waals surface area contributed by atoms with Crippen molar-refractivity contribution < 1.29 is 23.1 Å². The molecule has 0 aliphatic rings. The number of carbonyl (C=O) groups excluding carboxylic acids is 1. The summed E-state index contributed by atoms with van der Waals surface area (Å²) in [6.07, 6.45) is -4.06. The molecule has 0 radical (unpaired) electrons. The maximum atomic E-state index is 11.7. The average molecular weight is 232 g/mol. The van der Waals surface area contributed by atoms with E-state index in [9.17, 15) is 23.1 Å². The number of phenols is 1. The van der Waals surface area contributed by atoms with Crippen molar-refractivity contribution in [1.82, 2.24) is 5.43 Å². The Bertz CT molecular complexity index is 415. The van der Waals surface area contributed by atoms with Crippen molar-refractivity contribution >= 4 is 12.1 Å². The highest BCUT2D eigenvalue weighted by atomic mass is 19.4. The van der Waals surface area contributed by atoms with Crippen molar-refractivity contribution in [3.8, 4) is 5.75 Å². The number of carbonyl (C=O) groups is 1. The third-order valence-electron chi connectivity index (χ3n) is 1.56. The van der Waals surface area contributed by atoms with Crippen molar-refractivity contribution in [3.63, 3.8) is 0 Å². The van der Waals surface area contributed by atoms with Gasteiger partial charge >= 0.3 is 12.1 Å². The Morgan fingerprint density at radius 2 is 2.00 bits per heavy atom. The van der Waals surface area contributed by atoms with Crippen LogP contribution in [0.3, 0.4) is 0 Å². The number of nitrogens with zero attached hydrogens (tertiary/aromatic N) is 1. The van der Waals surface area contributed by atoms with Gasteiger partial charge in [0.25, 0.3) is 0 Å². The Morgan fingerprint density at radius 3 is 2.56 bits per heavy atom. The number of halogens is 3. The summed E-state index contributed by atoms with van der Waals surface area (Å²) in [7, 11) is 0. The van der Waals surface area contributed by atoms with Gasteiger partial charge in [-0.25, -0.2) is 5.43 Å². The van der Waals surface area contributed by atoms with E-state index in [4.69, 9.17) is 0 Å². The van der Waals surface area contributed by atoms with Gasteiger partial charge in [0.05, 0.1) is 6.21 Å². The van der Waals surface area contributed by atoms with Gasteiger partial charge in [0.2, 0.25) is 0 Å². The molecule has 1 aromatic carbocycles. The molecule has 2 N–H and O–H groups in total. The first-order valence-corrected chi connectivity index (χ1v) is 4.09. The maximum Gasteiger partial charge on any atom is 0.473 e. The number of hydrazone groups is 1. The highest BCUT2D eigenvalue weighted by molar-refractivity contribution is 5.86. The van der Waals surface area contributed by atoms with Gasteiger partial charge in [-0.2, -0.15) is 18.3 Å². The van der Waals surface area contributed by atoms with Crippen LogP contribution in [0.2, 0.25) is 0 Å². The Morgan fingerprint density at radius 1 is 1.38 bits per heavy atom. The van der Waals surface area contributed by atoms with Gasteiger partial charge in [-0.3, -0.25) is 4.79 Å². The molecule has 0 bridgehead atoms. The molecule has 86 valence electrons. The molecule has 0 fully saturated rings. The zero-order valence-electron chi connectivity index (χ0n) is 7.82. The van der Waals surface area contributed by atoms with Crippen LogP contribution in [0.5, 0.6) is 5.75 Å². The van der Waals surface area contributed by atoms with E-state index >= 15 is 0 Å². The lowest BCUT2D eigenvalue weighted by molar-refractivity contribution is -0.173. The van der Waals surface area contributed by atoms with Crippen molar-refractivity contribution in [2.45, 2.75) is 6.18 Å². The second kappa shape index (κ2) is 4.65. The van der Waals surface area contributed by atoms with Gasteiger partial charge in [0, 0.05) is 5.56 Å². The molecule has 4 nitrogen and oxygen atoms in total. The number of nitrogens with one attached hydrogen (secondary N) is 1. The van der Waals surface area contributed by atoms with E-state index in [0.29, 0.717) is 0 Å². The van der Waals surface area contributed by atoms with Crippen LogP contribution < -0.4 is 5.43 Å². The fraction of sp³-hybridized carbons (Fsp3) is 0.111. The van der Waals surface area contributed by atoms with Crippen LogP contribution in [-0.4, -0.2) is 23.4 Å². The van der Waals surface area contributed by atoms with E-state index in [1.165, 1.54) is 17.6 Å². The molecule has 0 aliphatic carbocycles. The molecule has 1 rings (SSSR count). The quantitative estimate of drug-likeness (QED) is 0.598. The average Bonchev–Trinajstić information content (AvgIpc) is 2.19. The Hall–Kier alpha value is -2.05. The molecule has 7 heteroatoms. The summed E-state index contributed by atoms with van der Waals surface area (Å²) in [5.74, 6) is -2.31. The molecule has 1 amide bonds.